The lowest BCUT2D eigenvalue weighted by Crippen LogP contribution is -2.15. The molecule has 0 unspecified atom stereocenters. The lowest BCUT2D eigenvalue weighted by molar-refractivity contribution is -0.115. The predicted octanol–water partition coefficient (Wildman–Crippen LogP) is 5.11. The summed E-state index contributed by atoms with van der Waals surface area (Å²) in [5.74, 6) is -0.0310. The van der Waals surface area contributed by atoms with Gasteiger partial charge in [-0.25, -0.2) is 9.37 Å². The molecule has 26 heavy (non-hydrogen) atoms. The lowest BCUT2D eigenvalue weighted by atomic mass is 10.2. The summed E-state index contributed by atoms with van der Waals surface area (Å²) in [6.45, 7) is 2.36. The van der Waals surface area contributed by atoms with Crippen LogP contribution in [0.1, 0.15) is 16.3 Å². The van der Waals surface area contributed by atoms with Crippen molar-refractivity contribution in [3.05, 3.63) is 74.4 Å². The Bertz CT molecular complexity index is 912. The molecule has 1 N–H and O–H groups in total. The lowest BCUT2D eigenvalue weighted by Gasteiger charge is -2.06. The van der Waals surface area contributed by atoms with E-state index < -0.39 is 5.82 Å². The standard InChI is InChI=1S/C19H16BrFN2O2S/c1-12-2-5-15(6-3-12)25-10-19-22-14(11-26-19)9-18(24)23-17-7-4-13(20)8-16(17)21/h2-8,11H,9-10H2,1H3,(H,23,24). The van der Waals surface area contributed by atoms with Gasteiger partial charge in [0.25, 0.3) is 0 Å². The van der Waals surface area contributed by atoms with Gasteiger partial charge in [-0.2, -0.15) is 0 Å². The smallest absolute Gasteiger partial charge is 0.230 e. The molecule has 1 heterocycles. The molecule has 0 radical (unpaired) electrons. The Morgan fingerprint density at radius 2 is 2.04 bits per heavy atom. The number of anilines is 1. The molecule has 134 valence electrons. The first-order valence-corrected chi connectivity index (χ1v) is 9.54. The van der Waals surface area contributed by atoms with Gasteiger partial charge in [0.15, 0.2) is 0 Å². The molecule has 7 heteroatoms. The van der Waals surface area contributed by atoms with E-state index in [1.165, 1.54) is 29.0 Å². The fourth-order valence-electron chi connectivity index (χ4n) is 2.23. The number of rotatable bonds is 6. The number of carbonyl (C=O) groups is 1. The first-order valence-electron chi connectivity index (χ1n) is 7.87. The molecule has 0 saturated carbocycles. The minimum absolute atomic E-state index is 0.0799. The van der Waals surface area contributed by atoms with Gasteiger partial charge in [0.05, 0.1) is 17.8 Å². The highest BCUT2D eigenvalue weighted by Crippen LogP contribution is 2.20. The highest BCUT2D eigenvalue weighted by Gasteiger charge is 2.11. The van der Waals surface area contributed by atoms with E-state index in [1.54, 1.807) is 6.07 Å². The first kappa shape index (κ1) is 18.5. The topological polar surface area (TPSA) is 51.2 Å². The number of aryl methyl sites for hydroxylation is 1. The third-order valence-electron chi connectivity index (χ3n) is 3.53. The monoisotopic (exact) mass is 434 g/mol. The number of amides is 1. The fourth-order valence-corrected chi connectivity index (χ4v) is 3.26. The number of carbonyl (C=O) groups excluding carboxylic acids is 1. The van der Waals surface area contributed by atoms with Crippen LogP contribution in [0.4, 0.5) is 10.1 Å². The van der Waals surface area contributed by atoms with Crippen molar-refractivity contribution < 1.29 is 13.9 Å². The van der Waals surface area contributed by atoms with Gasteiger partial charge in [0.2, 0.25) is 5.91 Å². The zero-order valence-corrected chi connectivity index (χ0v) is 16.4. The van der Waals surface area contributed by atoms with Crippen LogP contribution in [-0.2, 0) is 17.8 Å². The molecule has 2 aromatic carbocycles. The number of ether oxygens (including phenoxy) is 1. The van der Waals surface area contributed by atoms with E-state index in [1.807, 2.05) is 36.6 Å². The van der Waals surface area contributed by atoms with Crippen LogP contribution in [0.5, 0.6) is 5.75 Å². The molecule has 3 aromatic rings. The number of aromatic nitrogens is 1. The largest absolute Gasteiger partial charge is 0.486 e. The summed E-state index contributed by atoms with van der Waals surface area (Å²) in [5, 5.41) is 5.15. The van der Waals surface area contributed by atoms with Crippen molar-refractivity contribution in [1.29, 1.82) is 0 Å². The molecule has 0 aliphatic carbocycles. The van der Waals surface area contributed by atoms with Crippen molar-refractivity contribution in [2.24, 2.45) is 0 Å². The SMILES string of the molecule is Cc1ccc(OCc2nc(CC(=O)Nc3ccc(Br)cc3F)cs2)cc1. The van der Waals surface area contributed by atoms with Gasteiger partial charge in [-0.1, -0.05) is 33.6 Å². The number of hydrogen-bond donors (Lipinski definition) is 1. The number of halogens is 2. The summed E-state index contributed by atoms with van der Waals surface area (Å²) >= 11 is 4.61. The van der Waals surface area contributed by atoms with Crippen molar-refractivity contribution in [1.82, 2.24) is 4.98 Å². The number of nitrogens with one attached hydrogen (secondary N) is 1. The Morgan fingerprint density at radius 3 is 2.77 bits per heavy atom. The summed E-state index contributed by atoms with van der Waals surface area (Å²) in [6, 6.07) is 12.3. The van der Waals surface area contributed by atoms with E-state index in [0.29, 0.717) is 16.8 Å². The van der Waals surface area contributed by atoms with Gasteiger partial charge < -0.3 is 10.1 Å². The van der Waals surface area contributed by atoms with Crippen LogP contribution >= 0.6 is 27.3 Å². The molecule has 4 nitrogen and oxygen atoms in total. The maximum Gasteiger partial charge on any atom is 0.230 e. The second-order valence-electron chi connectivity index (χ2n) is 5.68. The van der Waals surface area contributed by atoms with Gasteiger partial charge in [-0.15, -0.1) is 11.3 Å². The predicted molar refractivity (Wildman–Crippen MR) is 104 cm³/mol. The average molecular weight is 435 g/mol. The average Bonchev–Trinajstić information content (AvgIpc) is 3.04. The molecule has 0 bridgehead atoms. The van der Waals surface area contributed by atoms with E-state index >= 15 is 0 Å². The second-order valence-corrected chi connectivity index (χ2v) is 7.54. The maximum absolute atomic E-state index is 13.8. The first-order chi connectivity index (χ1) is 12.5. The Balaban J connectivity index is 1.54. The van der Waals surface area contributed by atoms with Crippen molar-refractivity contribution in [3.63, 3.8) is 0 Å². The van der Waals surface area contributed by atoms with E-state index in [4.69, 9.17) is 4.74 Å². The Labute approximate surface area is 163 Å². The molecular weight excluding hydrogens is 419 g/mol. The van der Waals surface area contributed by atoms with Gasteiger partial charge in [-0.3, -0.25) is 4.79 Å². The molecule has 1 amide bonds. The quantitative estimate of drug-likeness (QED) is 0.585. The summed E-state index contributed by atoms with van der Waals surface area (Å²) in [5.41, 5.74) is 1.95. The molecule has 0 spiro atoms. The van der Waals surface area contributed by atoms with E-state index in [-0.39, 0.29) is 18.0 Å². The Morgan fingerprint density at radius 1 is 1.27 bits per heavy atom. The zero-order valence-electron chi connectivity index (χ0n) is 14.0. The van der Waals surface area contributed by atoms with Gasteiger partial charge >= 0.3 is 0 Å². The highest BCUT2D eigenvalue weighted by molar-refractivity contribution is 9.10. The summed E-state index contributed by atoms with van der Waals surface area (Å²) in [6.07, 6.45) is 0.0799. The van der Waals surface area contributed by atoms with Crippen molar-refractivity contribution >= 4 is 38.9 Å². The maximum atomic E-state index is 13.8. The van der Waals surface area contributed by atoms with Gasteiger partial charge in [0.1, 0.15) is 23.2 Å². The third kappa shape index (κ3) is 5.12. The van der Waals surface area contributed by atoms with Crippen LogP contribution < -0.4 is 10.1 Å². The van der Waals surface area contributed by atoms with Crippen molar-refractivity contribution in [2.75, 3.05) is 5.32 Å². The number of thiazole rings is 1. The third-order valence-corrected chi connectivity index (χ3v) is 4.89. The molecule has 3 rings (SSSR count). The Hall–Kier alpha value is -2.25. The molecule has 1 aromatic heterocycles. The summed E-state index contributed by atoms with van der Waals surface area (Å²) in [7, 11) is 0. The summed E-state index contributed by atoms with van der Waals surface area (Å²) in [4.78, 5) is 16.5. The van der Waals surface area contributed by atoms with Crippen LogP contribution in [0.15, 0.2) is 52.3 Å². The van der Waals surface area contributed by atoms with Gasteiger partial charge in [-0.05, 0) is 37.3 Å². The van der Waals surface area contributed by atoms with Crippen LogP contribution in [0.2, 0.25) is 0 Å². The van der Waals surface area contributed by atoms with Gasteiger partial charge in [0, 0.05) is 9.85 Å². The molecule has 0 aliphatic rings. The van der Waals surface area contributed by atoms with Crippen molar-refractivity contribution in [2.45, 2.75) is 20.0 Å². The highest BCUT2D eigenvalue weighted by atomic mass is 79.9. The normalized spacial score (nSPS) is 10.6. The van der Waals surface area contributed by atoms with Crippen molar-refractivity contribution in [3.8, 4) is 5.75 Å². The number of hydrogen-bond acceptors (Lipinski definition) is 4. The molecule has 0 aliphatic heterocycles. The van der Waals surface area contributed by atoms with E-state index in [2.05, 4.69) is 26.2 Å². The second kappa shape index (κ2) is 8.42. The minimum Gasteiger partial charge on any atom is -0.486 e. The molecular formula is C19H16BrFN2O2S. The summed E-state index contributed by atoms with van der Waals surface area (Å²) < 4.78 is 20.1. The zero-order chi connectivity index (χ0) is 18.5. The molecule has 0 saturated heterocycles. The Kier molecular flexibility index (Phi) is 6.00. The van der Waals surface area contributed by atoms with Crippen LogP contribution in [-0.4, -0.2) is 10.9 Å². The number of nitrogens with zero attached hydrogens (tertiary/aromatic N) is 1. The molecule has 0 atom stereocenters. The molecule has 0 fully saturated rings. The van der Waals surface area contributed by atoms with E-state index in [9.17, 15) is 9.18 Å². The van der Waals surface area contributed by atoms with Crippen LogP contribution in [0.25, 0.3) is 0 Å². The van der Waals surface area contributed by atoms with Crippen LogP contribution in [0.3, 0.4) is 0 Å². The minimum atomic E-state index is -0.488. The fraction of sp³-hybridized carbons (Fsp3) is 0.158. The van der Waals surface area contributed by atoms with E-state index in [0.717, 1.165) is 10.8 Å². The van der Waals surface area contributed by atoms with Crippen LogP contribution in [0, 0.1) is 12.7 Å². The number of benzene rings is 2.